The minimum absolute atomic E-state index is 0.164. The fourth-order valence-corrected chi connectivity index (χ4v) is 2.00. The number of nitrogens with zero attached hydrogens (tertiary/aromatic N) is 1. The number of halogens is 1. The molecule has 2 heteroatoms. The second-order valence-corrected chi connectivity index (χ2v) is 4.38. The number of aliphatic imine (C=N–C) groups is 1. The highest BCUT2D eigenvalue weighted by atomic mass is 19.1. The van der Waals surface area contributed by atoms with Gasteiger partial charge < -0.3 is 0 Å². The van der Waals surface area contributed by atoms with Gasteiger partial charge in [0.05, 0.1) is 0 Å². The van der Waals surface area contributed by atoms with E-state index in [1.165, 1.54) is 12.2 Å². The van der Waals surface area contributed by atoms with Gasteiger partial charge in [-0.2, -0.15) is 0 Å². The Kier molecular flexibility index (Phi) is 9.17. The molecule has 0 rings (SSSR count). The zero-order valence-electron chi connectivity index (χ0n) is 12.2. The summed E-state index contributed by atoms with van der Waals surface area (Å²) in [5, 5.41) is 0. The Balaban J connectivity index is 4.85. The van der Waals surface area contributed by atoms with Crippen LogP contribution in [0, 0.1) is 5.92 Å². The summed E-state index contributed by atoms with van der Waals surface area (Å²) in [5.74, 6) is -0.0792. The van der Waals surface area contributed by atoms with Gasteiger partial charge in [0.2, 0.25) is 0 Å². The van der Waals surface area contributed by atoms with Crippen LogP contribution in [0.15, 0.2) is 41.2 Å². The van der Waals surface area contributed by atoms with Crippen molar-refractivity contribution in [2.75, 3.05) is 7.05 Å². The zero-order valence-corrected chi connectivity index (χ0v) is 12.2. The van der Waals surface area contributed by atoms with Gasteiger partial charge in [-0.1, -0.05) is 32.9 Å². The number of hydrogen-bond acceptors (Lipinski definition) is 1. The van der Waals surface area contributed by atoms with E-state index in [1.807, 2.05) is 7.05 Å². The van der Waals surface area contributed by atoms with Gasteiger partial charge in [0.15, 0.2) is 0 Å². The van der Waals surface area contributed by atoms with Crippen molar-refractivity contribution in [3.63, 3.8) is 0 Å². The van der Waals surface area contributed by atoms with E-state index in [4.69, 9.17) is 0 Å². The van der Waals surface area contributed by atoms with Crippen LogP contribution in [0.3, 0.4) is 0 Å². The Morgan fingerprint density at radius 3 is 2.50 bits per heavy atom. The lowest BCUT2D eigenvalue weighted by molar-refractivity contribution is 0.659. The number of hydrogen-bond donors (Lipinski definition) is 0. The first-order chi connectivity index (χ1) is 8.60. The van der Waals surface area contributed by atoms with E-state index in [2.05, 4.69) is 25.4 Å². The van der Waals surface area contributed by atoms with E-state index in [1.54, 1.807) is 13.0 Å². The number of allylic oxidation sites excluding steroid dienone is 5. The number of rotatable bonds is 8. The van der Waals surface area contributed by atoms with E-state index >= 15 is 0 Å². The molecule has 0 heterocycles. The monoisotopic (exact) mass is 251 g/mol. The van der Waals surface area contributed by atoms with Crippen molar-refractivity contribution in [2.45, 2.75) is 46.5 Å². The summed E-state index contributed by atoms with van der Waals surface area (Å²) < 4.78 is 13.4. The van der Waals surface area contributed by atoms with Crippen LogP contribution < -0.4 is 0 Å². The van der Waals surface area contributed by atoms with Crippen molar-refractivity contribution < 1.29 is 4.39 Å². The van der Waals surface area contributed by atoms with Gasteiger partial charge in [-0.25, -0.2) is 4.39 Å². The molecular weight excluding hydrogens is 225 g/mol. The molecule has 1 nitrogen and oxygen atoms in total. The van der Waals surface area contributed by atoms with Crippen LogP contribution in [0.4, 0.5) is 4.39 Å². The Morgan fingerprint density at radius 1 is 1.39 bits per heavy atom. The maximum absolute atomic E-state index is 13.4. The molecule has 0 aliphatic heterocycles. The van der Waals surface area contributed by atoms with Crippen LogP contribution >= 0.6 is 0 Å². The fourth-order valence-electron chi connectivity index (χ4n) is 2.00. The van der Waals surface area contributed by atoms with E-state index in [-0.39, 0.29) is 11.7 Å². The van der Waals surface area contributed by atoms with E-state index in [9.17, 15) is 4.39 Å². The first-order valence-corrected chi connectivity index (χ1v) is 6.74. The SMILES string of the molecule is C=C(/C=C(F)\C=C/C)C(CC)C(CCCC)=NC. The van der Waals surface area contributed by atoms with Gasteiger partial charge in [0.25, 0.3) is 0 Å². The molecule has 0 spiro atoms. The van der Waals surface area contributed by atoms with Crippen molar-refractivity contribution in [3.8, 4) is 0 Å². The molecule has 102 valence electrons. The molecule has 0 aromatic carbocycles. The molecule has 0 aromatic heterocycles. The smallest absolute Gasteiger partial charge is 0.123 e. The van der Waals surface area contributed by atoms with Crippen molar-refractivity contribution in [3.05, 3.63) is 36.2 Å². The predicted molar refractivity (Wildman–Crippen MR) is 79.8 cm³/mol. The van der Waals surface area contributed by atoms with Crippen LogP contribution in [0.5, 0.6) is 0 Å². The predicted octanol–water partition coefficient (Wildman–Crippen LogP) is 5.26. The molecule has 0 bridgehead atoms. The zero-order chi connectivity index (χ0) is 14.0. The van der Waals surface area contributed by atoms with Gasteiger partial charge in [0, 0.05) is 18.7 Å². The fraction of sp³-hybridized carbons (Fsp3) is 0.562. The van der Waals surface area contributed by atoms with Gasteiger partial charge >= 0.3 is 0 Å². The average Bonchev–Trinajstić information content (AvgIpc) is 2.34. The Labute approximate surface area is 111 Å². The molecule has 0 radical (unpaired) electrons. The maximum Gasteiger partial charge on any atom is 0.123 e. The lowest BCUT2D eigenvalue weighted by Gasteiger charge is -2.18. The largest absolute Gasteiger partial charge is 0.297 e. The second-order valence-electron chi connectivity index (χ2n) is 4.38. The molecule has 0 aliphatic carbocycles. The van der Waals surface area contributed by atoms with Crippen LogP contribution in [0.25, 0.3) is 0 Å². The van der Waals surface area contributed by atoms with E-state index in [0.29, 0.717) is 0 Å². The third-order valence-electron chi connectivity index (χ3n) is 2.98. The molecule has 0 fully saturated rings. The standard InChI is InChI=1S/C16H26FN/c1-6-9-11-16(18-5)15(8-3)13(4)12-14(17)10-7-2/h7,10,12,15H,4,6,8-9,11H2,1-3,5H3/b10-7-,14-12+,18-16?. The van der Waals surface area contributed by atoms with Crippen molar-refractivity contribution >= 4 is 5.71 Å². The summed E-state index contributed by atoms with van der Waals surface area (Å²) in [7, 11) is 1.81. The Bertz CT molecular complexity index is 337. The molecule has 1 atom stereocenters. The summed E-state index contributed by atoms with van der Waals surface area (Å²) in [4.78, 5) is 4.36. The van der Waals surface area contributed by atoms with Crippen molar-refractivity contribution in [1.82, 2.24) is 0 Å². The second kappa shape index (κ2) is 9.81. The molecule has 0 amide bonds. The van der Waals surface area contributed by atoms with Crippen molar-refractivity contribution in [1.29, 1.82) is 0 Å². The minimum Gasteiger partial charge on any atom is -0.297 e. The topological polar surface area (TPSA) is 12.4 Å². The molecule has 0 saturated carbocycles. The van der Waals surface area contributed by atoms with E-state index < -0.39 is 0 Å². The summed E-state index contributed by atoms with van der Waals surface area (Å²) in [6.07, 6.45) is 8.81. The van der Waals surface area contributed by atoms with Gasteiger partial charge in [-0.3, -0.25) is 4.99 Å². The first-order valence-electron chi connectivity index (χ1n) is 6.74. The third-order valence-corrected chi connectivity index (χ3v) is 2.98. The van der Waals surface area contributed by atoms with Crippen molar-refractivity contribution in [2.24, 2.45) is 10.9 Å². The van der Waals surface area contributed by atoms with Gasteiger partial charge in [-0.05, 0) is 43.9 Å². The molecule has 1 unspecified atom stereocenters. The average molecular weight is 251 g/mol. The van der Waals surface area contributed by atoms with Gasteiger partial charge in [-0.15, -0.1) is 0 Å². The van der Waals surface area contributed by atoms with Crippen LogP contribution in [-0.2, 0) is 0 Å². The third kappa shape index (κ3) is 5.95. The summed E-state index contributed by atoms with van der Waals surface area (Å²) in [6, 6.07) is 0. The number of unbranched alkanes of at least 4 members (excludes halogenated alkanes) is 1. The van der Waals surface area contributed by atoms with Crippen LogP contribution in [-0.4, -0.2) is 12.8 Å². The molecule has 0 aromatic rings. The highest BCUT2D eigenvalue weighted by molar-refractivity contribution is 5.89. The van der Waals surface area contributed by atoms with E-state index in [0.717, 1.165) is 37.0 Å². The van der Waals surface area contributed by atoms with Gasteiger partial charge in [0.1, 0.15) is 5.83 Å². The summed E-state index contributed by atoms with van der Waals surface area (Å²) in [6.45, 7) is 10.0. The molecule has 18 heavy (non-hydrogen) atoms. The first kappa shape index (κ1) is 16.8. The highest BCUT2D eigenvalue weighted by Gasteiger charge is 2.15. The molecular formula is C16H26FN. The normalized spacial score (nSPS) is 15.2. The lowest BCUT2D eigenvalue weighted by Crippen LogP contribution is -2.15. The Morgan fingerprint density at radius 2 is 2.06 bits per heavy atom. The quantitative estimate of drug-likeness (QED) is 0.412. The molecule has 0 saturated heterocycles. The molecule has 0 aliphatic rings. The Hall–Kier alpha value is -1.18. The maximum atomic E-state index is 13.4. The summed E-state index contributed by atoms with van der Waals surface area (Å²) in [5.41, 5.74) is 1.94. The lowest BCUT2D eigenvalue weighted by atomic mass is 9.89. The van der Waals surface area contributed by atoms with Crippen LogP contribution in [0.1, 0.15) is 46.5 Å². The van der Waals surface area contributed by atoms with Crippen LogP contribution in [0.2, 0.25) is 0 Å². The minimum atomic E-state index is -0.244. The summed E-state index contributed by atoms with van der Waals surface area (Å²) >= 11 is 0. The molecule has 0 N–H and O–H groups in total. The highest BCUT2D eigenvalue weighted by Crippen LogP contribution is 2.22.